The number of ether oxygens (including phenoxy) is 4. The Morgan fingerprint density at radius 2 is 1.55 bits per heavy atom. The average Bonchev–Trinajstić information content (AvgIpc) is 2.96. The highest BCUT2D eigenvalue weighted by Crippen LogP contribution is 2.23. The van der Waals surface area contributed by atoms with Crippen LogP contribution in [0.15, 0.2) is 66.7 Å². The summed E-state index contributed by atoms with van der Waals surface area (Å²) >= 11 is 0. The molecule has 2 amide bonds. The molecule has 0 radical (unpaired) electrons. The van der Waals surface area contributed by atoms with E-state index in [-0.39, 0.29) is 17.9 Å². The van der Waals surface area contributed by atoms with Crippen LogP contribution < -0.4 is 30.6 Å². The fourth-order valence-electron chi connectivity index (χ4n) is 3.71. The van der Waals surface area contributed by atoms with E-state index in [0.717, 1.165) is 11.1 Å². The van der Waals surface area contributed by atoms with Gasteiger partial charge in [-0.2, -0.15) is 0 Å². The molecule has 3 aromatic rings. The average molecular weight is 554 g/mol. The third-order valence-electron chi connectivity index (χ3n) is 5.78. The highest BCUT2D eigenvalue weighted by atomic mass is 16.5. The van der Waals surface area contributed by atoms with E-state index in [4.69, 9.17) is 19.9 Å². The maximum absolute atomic E-state index is 11.4. The highest BCUT2D eigenvalue weighted by molar-refractivity contribution is 5.95. The SMILES string of the molecule is COC(=O)NCCOc1ccc(OCC(O)CNCc2ccccc2CCOc2ccc(O)c(C(N)=O)c2)cc1. The Balaban J connectivity index is 1.36. The number of aliphatic hydroxyl groups is 1. The van der Waals surface area contributed by atoms with Gasteiger partial charge in [-0.15, -0.1) is 0 Å². The van der Waals surface area contributed by atoms with Crippen LogP contribution in [0, 0.1) is 0 Å². The third-order valence-corrected chi connectivity index (χ3v) is 5.78. The smallest absolute Gasteiger partial charge is 0.406 e. The van der Waals surface area contributed by atoms with Crippen molar-refractivity contribution in [1.29, 1.82) is 0 Å². The van der Waals surface area contributed by atoms with Crippen molar-refractivity contribution < 1.29 is 38.7 Å². The molecule has 0 aliphatic rings. The lowest BCUT2D eigenvalue weighted by atomic mass is 10.0. The Hall–Kier alpha value is -4.48. The summed E-state index contributed by atoms with van der Waals surface area (Å²) in [5, 5.41) is 25.8. The van der Waals surface area contributed by atoms with Crippen LogP contribution in [-0.4, -0.2) is 68.3 Å². The number of alkyl carbamates (subject to hydrolysis) is 1. The van der Waals surface area contributed by atoms with Gasteiger partial charge in [0.05, 0.1) is 25.8 Å². The number of primary amides is 1. The van der Waals surface area contributed by atoms with Crippen molar-refractivity contribution in [2.75, 3.05) is 40.0 Å². The molecule has 0 heterocycles. The van der Waals surface area contributed by atoms with Crippen molar-refractivity contribution in [3.63, 3.8) is 0 Å². The minimum atomic E-state index is -0.724. The van der Waals surface area contributed by atoms with E-state index >= 15 is 0 Å². The molecule has 3 rings (SSSR count). The number of rotatable bonds is 16. The predicted molar refractivity (Wildman–Crippen MR) is 148 cm³/mol. The Bertz CT molecular complexity index is 1240. The summed E-state index contributed by atoms with van der Waals surface area (Å²) in [6, 6.07) is 19.3. The first-order valence-electron chi connectivity index (χ1n) is 12.7. The van der Waals surface area contributed by atoms with Crippen LogP contribution in [0.2, 0.25) is 0 Å². The van der Waals surface area contributed by atoms with Gasteiger partial charge in [0.2, 0.25) is 0 Å². The molecule has 214 valence electrons. The summed E-state index contributed by atoms with van der Waals surface area (Å²) in [5.41, 5.74) is 7.43. The fourth-order valence-corrected chi connectivity index (χ4v) is 3.71. The lowest BCUT2D eigenvalue weighted by molar-refractivity contribution is 0.0997. The van der Waals surface area contributed by atoms with Gasteiger partial charge in [0.1, 0.15) is 42.3 Å². The van der Waals surface area contributed by atoms with Gasteiger partial charge in [0.15, 0.2) is 0 Å². The fraction of sp³-hybridized carbons (Fsp3) is 0.310. The van der Waals surface area contributed by atoms with E-state index in [1.165, 1.54) is 19.2 Å². The van der Waals surface area contributed by atoms with Crippen molar-refractivity contribution in [2.45, 2.75) is 19.1 Å². The molecule has 1 atom stereocenters. The van der Waals surface area contributed by atoms with E-state index in [2.05, 4.69) is 15.4 Å². The van der Waals surface area contributed by atoms with Crippen LogP contribution in [0.3, 0.4) is 0 Å². The first-order chi connectivity index (χ1) is 19.4. The molecule has 0 bridgehead atoms. The maximum Gasteiger partial charge on any atom is 0.406 e. The lowest BCUT2D eigenvalue weighted by Crippen LogP contribution is -2.31. The molecule has 0 fully saturated rings. The number of methoxy groups -OCH3 is 1. The molecule has 0 spiro atoms. The van der Waals surface area contributed by atoms with Gasteiger partial charge >= 0.3 is 6.09 Å². The number of amides is 2. The standard InChI is InChI=1S/C29H35N3O8/c1-37-29(36)32-13-15-39-23-6-8-24(9-7-23)40-19-22(33)18-31-17-21-5-3-2-4-20(21)12-14-38-25-10-11-27(34)26(16-25)28(30)35/h2-11,16,22,31,33-34H,12-15,17-19H2,1H3,(H2,30,35)(H,32,36). The van der Waals surface area contributed by atoms with Gasteiger partial charge in [0.25, 0.3) is 5.91 Å². The third kappa shape index (κ3) is 10.0. The Kier molecular flexibility index (Phi) is 11.9. The molecule has 6 N–H and O–H groups in total. The van der Waals surface area contributed by atoms with E-state index in [0.29, 0.717) is 56.5 Å². The highest BCUT2D eigenvalue weighted by Gasteiger charge is 2.10. The number of carbonyl (C=O) groups is 2. The number of nitrogens with two attached hydrogens (primary N) is 1. The number of aromatic hydroxyl groups is 1. The molecule has 40 heavy (non-hydrogen) atoms. The van der Waals surface area contributed by atoms with Gasteiger partial charge in [-0.05, 0) is 53.6 Å². The second-order valence-corrected chi connectivity index (χ2v) is 8.74. The van der Waals surface area contributed by atoms with Crippen LogP contribution >= 0.6 is 0 Å². The van der Waals surface area contributed by atoms with E-state index in [1.54, 1.807) is 30.3 Å². The zero-order chi connectivity index (χ0) is 28.7. The zero-order valence-electron chi connectivity index (χ0n) is 22.3. The quantitative estimate of drug-likeness (QED) is 0.168. The summed E-state index contributed by atoms with van der Waals surface area (Å²) < 4.78 is 21.4. The summed E-state index contributed by atoms with van der Waals surface area (Å²) in [6.07, 6.45) is -0.606. The second-order valence-electron chi connectivity index (χ2n) is 8.74. The van der Waals surface area contributed by atoms with E-state index in [1.807, 2.05) is 24.3 Å². The summed E-state index contributed by atoms with van der Waals surface area (Å²) in [5.74, 6) is 0.762. The van der Waals surface area contributed by atoms with Crippen LogP contribution in [-0.2, 0) is 17.7 Å². The van der Waals surface area contributed by atoms with Crippen molar-refractivity contribution >= 4 is 12.0 Å². The van der Waals surface area contributed by atoms with Crippen molar-refractivity contribution in [3.05, 3.63) is 83.4 Å². The number of nitrogens with one attached hydrogen (secondary N) is 2. The largest absolute Gasteiger partial charge is 0.507 e. The van der Waals surface area contributed by atoms with Crippen LogP contribution in [0.5, 0.6) is 23.0 Å². The Morgan fingerprint density at radius 1 is 0.900 bits per heavy atom. The first-order valence-corrected chi connectivity index (χ1v) is 12.7. The summed E-state index contributed by atoms with van der Waals surface area (Å²) in [6.45, 7) is 1.99. The van der Waals surface area contributed by atoms with Crippen molar-refractivity contribution in [1.82, 2.24) is 10.6 Å². The van der Waals surface area contributed by atoms with Crippen molar-refractivity contribution in [3.8, 4) is 23.0 Å². The van der Waals surface area contributed by atoms with E-state index < -0.39 is 18.1 Å². The Morgan fingerprint density at radius 3 is 2.25 bits per heavy atom. The maximum atomic E-state index is 11.4. The number of benzene rings is 3. The van der Waals surface area contributed by atoms with Crippen LogP contribution in [0.25, 0.3) is 0 Å². The molecule has 3 aromatic carbocycles. The Labute approximate surface area is 232 Å². The number of aliphatic hydroxyl groups excluding tert-OH is 1. The van der Waals surface area contributed by atoms with Crippen molar-refractivity contribution in [2.24, 2.45) is 5.73 Å². The zero-order valence-corrected chi connectivity index (χ0v) is 22.3. The molecule has 1 unspecified atom stereocenters. The molecule has 0 saturated heterocycles. The minimum absolute atomic E-state index is 0.0116. The van der Waals surface area contributed by atoms with Crippen LogP contribution in [0.4, 0.5) is 4.79 Å². The van der Waals surface area contributed by atoms with Gasteiger partial charge < -0.3 is 45.5 Å². The number of carbonyl (C=O) groups excluding carboxylic acids is 2. The van der Waals surface area contributed by atoms with Gasteiger partial charge in [-0.1, -0.05) is 24.3 Å². The monoisotopic (exact) mass is 553 g/mol. The van der Waals surface area contributed by atoms with Gasteiger partial charge in [0, 0.05) is 19.5 Å². The predicted octanol–water partition coefficient (Wildman–Crippen LogP) is 2.38. The normalized spacial score (nSPS) is 11.3. The van der Waals surface area contributed by atoms with Crippen LogP contribution in [0.1, 0.15) is 21.5 Å². The van der Waals surface area contributed by atoms with E-state index in [9.17, 15) is 19.8 Å². The molecular weight excluding hydrogens is 518 g/mol. The topological polar surface area (TPSA) is 162 Å². The molecule has 11 heteroatoms. The molecule has 0 aliphatic carbocycles. The summed E-state index contributed by atoms with van der Waals surface area (Å²) in [4.78, 5) is 22.4. The summed E-state index contributed by atoms with van der Waals surface area (Å²) in [7, 11) is 1.30. The van der Waals surface area contributed by atoms with Gasteiger partial charge in [-0.3, -0.25) is 4.79 Å². The molecule has 0 aromatic heterocycles. The molecular formula is C29H35N3O8. The number of hydrogen-bond acceptors (Lipinski definition) is 9. The second kappa shape index (κ2) is 15.8. The number of hydrogen-bond donors (Lipinski definition) is 5. The lowest BCUT2D eigenvalue weighted by Gasteiger charge is -2.15. The minimum Gasteiger partial charge on any atom is -0.507 e. The molecule has 11 nitrogen and oxygen atoms in total. The molecule has 0 saturated carbocycles. The molecule has 0 aliphatic heterocycles. The first kappa shape index (κ1) is 30.1. The van der Waals surface area contributed by atoms with Gasteiger partial charge in [-0.25, -0.2) is 4.79 Å². The number of phenols is 1.